The van der Waals surface area contributed by atoms with E-state index in [-0.39, 0.29) is 11.6 Å². The van der Waals surface area contributed by atoms with Gasteiger partial charge < -0.3 is 4.74 Å². The lowest BCUT2D eigenvalue weighted by molar-refractivity contribution is 0.102. The second-order valence-corrected chi connectivity index (χ2v) is 5.47. The smallest absolute Gasteiger partial charge is 0.279 e. The first-order valence-corrected chi connectivity index (χ1v) is 7.47. The van der Waals surface area contributed by atoms with E-state index in [9.17, 15) is 4.79 Å². The van der Waals surface area contributed by atoms with Crippen LogP contribution in [0.4, 0.5) is 5.95 Å². The number of aryl methyl sites for hydroxylation is 1. The van der Waals surface area contributed by atoms with E-state index in [1.807, 2.05) is 24.3 Å². The molecule has 3 N–H and O–H groups in total. The zero-order valence-corrected chi connectivity index (χ0v) is 13.9. The summed E-state index contributed by atoms with van der Waals surface area (Å²) in [6, 6.07) is 7.39. The summed E-state index contributed by atoms with van der Waals surface area (Å²) in [6.45, 7) is 1.81. The monoisotopic (exact) mass is 376 g/mol. The Morgan fingerprint density at radius 2 is 2.04 bits per heavy atom. The first kappa shape index (κ1) is 15.2. The average molecular weight is 377 g/mol. The molecule has 0 fully saturated rings. The lowest BCUT2D eigenvalue weighted by Crippen LogP contribution is -2.14. The van der Waals surface area contributed by atoms with Crippen molar-refractivity contribution < 1.29 is 9.53 Å². The van der Waals surface area contributed by atoms with Crippen LogP contribution in [0, 0.1) is 6.92 Å². The maximum Gasteiger partial charge on any atom is 0.279 e. The first-order chi connectivity index (χ1) is 11.1. The average Bonchev–Trinajstić information content (AvgIpc) is 3.15. The lowest BCUT2D eigenvalue weighted by atomic mass is 10.2. The summed E-state index contributed by atoms with van der Waals surface area (Å²) in [6.07, 6.45) is 0. The number of methoxy groups -OCH3 is 1. The SMILES string of the molecule is COc1ccccc1-c1nc(NC(=O)c2n[nH]c(C)c2Br)n[nH]1. The minimum Gasteiger partial charge on any atom is -0.496 e. The van der Waals surface area contributed by atoms with Crippen molar-refractivity contribution in [3.63, 3.8) is 0 Å². The molecule has 0 aliphatic carbocycles. The Bertz CT molecular complexity index is 857. The number of ether oxygens (including phenoxy) is 1. The molecule has 0 aliphatic heterocycles. The predicted octanol–water partition coefficient (Wildman–Crippen LogP) is 2.53. The van der Waals surface area contributed by atoms with Crippen LogP contribution >= 0.6 is 15.9 Å². The number of hydrogen-bond acceptors (Lipinski definition) is 5. The van der Waals surface area contributed by atoms with Crippen molar-refractivity contribution >= 4 is 27.8 Å². The van der Waals surface area contributed by atoms with E-state index in [1.54, 1.807) is 14.0 Å². The van der Waals surface area contributed by atoms with Gasteiger partial charge in [-0.1, -0.05) is 12.1 Å². The number of amides is 1. The zero-order chi connectivity index (χ0) is 16.4. The van der Waals surface area contributed by atoms with Gasteiger partial charge in [-0.05, 0) is 35.0 Å². The molecule has 0 aliphatic rings. The molecule has 1 aromatic carbocycles. The van der Waals surface area contributed by atoms with Crippen molar-refractivity contribution in [3.8, 4) is 17.1 Å². The molecular formula is C14H13BrN6O2. The minimum absolute atomic E-state index is 0.156. The van der Waals surface area contributed by atoms with Crippen LogP contribution in [-0.2, 0) is 0 Å². The largest absolute Gasteiger partial charge is 0.496 e. The fraction of sp³-hybridized carbons (Fsp3) is 0.143. The standard InChI is InChI=1S/C14H13BrN6O2/c1-7-10(15)11(19-18-7)13(22)17-14-16-12(20-21-14)8-5-3-4-6-9(8)23-2/h3-6H,1-2H3,(H,18,19)(H2,16,17,20,21,22). The Morgan fingerprint density at radius 1 is 1.26 bits per heavy atom. The Labute approximate surface area is 139 Å². The molecule has 3 rings (SSSR count). The van der Waals surface area contributed by atoms with Gasteiger partial charge in [0.05, 0.1) is 17.1 Å². The van der Waals surface area contributed by atoms with Crippen LogP contribution in [0.3, 0.4) is 0 Å². The Kier molecular flexibility index (Phi) is 4.11. The molecule has 2 aromatic heterocycles. The molecule has 3 aromatic rings. The third kappa shape index (κ3) is 2.95. The van der Waals surface area contributed by atoms with Crippen molar-refractivity contribution in [1.82, 2.24) is 25.4 Å². The summed E-state index contributed by atoms with van der Waals surface area (Å²) >= 11 is 3.31. The van der Waals surface area contributed by atoms with E-state index in [0.717, 1.165) is 11.3 Å². The molecule has 1 amide bonds. The summed E-state index contributed by atoms with van der Waals surface area (Å²) in [5.74, 6) is 0.900. The molecule has 0 radical (unpaired) electrons. The highest BCUT2D eigenvalue weighted by Gasteiger charge is 2.18. The number of halogens is 1. The normalized spacial score (nSPS) is 10.6. The minimum atomic E-state index is -0.410. The number of aromatic amines is 2. The Hall–Kier alpha value is -2.68. The summed E-state index contributed by atoms with van der Waals surface area (Å²) < 4.78 is 5.89. The number of carbonyl (C=O) groups excluding carboxylic acids is 1. The number of rotatable bonds is 4. The second kappa shape index (κ2) is 6.21. The lowest BCUT2D eigenvalue weighted by Gasteiger charge is -2.04. The Morgan fingerprint density at radius 3 is 2.74 bits per heavy atom. The molecule has 118 valence electrons. The molecule has 9 heteroatoms. The van der Waals surface area contributed by atoms with Gasteiger partial charge in [-0.15, -0.1) is 5.10 Å². The summed E-state index contributed by atoms with van der Waals surface area (Å²) in [5.41, 5.74) is 1.76. The fourth-order valence-electron chi connectivity index (χ4n) is 2.01. The molecule has 0 spiro atoms. The highest BCUT2D eigenvalue weighted by molar-refractivity contribution is 9.10. The number of carbonyl (C=O) groups is 1. The molecule has 0 atom stereocenters. The third-order valence-corrected chi connectivity index (χ3v) is 4.13. The zero-order valence-electron chi connectivity index (χ0n) is 12.3. The number of nitrogens with one attached hydrogen (secondary N) is 3. The van der Waals surface area contributed by atoms with Crippen molar-refractivity contribution in [2.45, 2.75) is 6.92 Å². The Balaban J connectivity index is 1.82. The van der Waals surface area contributed by atoms with Gasteiger partial charge in [-0.2, -0.15) is 10.1 Å². The van der Waals surface area contributed by atoms with E-state index in [4.69, 9.17) is 4.74 Å². The summed E-state index contributed by atoms with van der Waals surface area (Å²) in [5, 5.41) is 16.0. The van der Waals surface area contributed by atoms with Crippen LogP contribution in [0.15, 0.2) is 28.7 Å². The molecule has 0 saturated carbocycles. The number of anilines is 1. The van der Waals surface area contributed by atoms with Gasteiger partial charge in [0.25, 0.3) is 5.91 Å². The molecular weight excluding hydrogens is 364 g/mol. The highest BCUT2D eigenvalue weighted by atomic mass is 79.9. The molecule has 0 saturated heterocycles. The van der Waals surface area contributed by atoms with Gasteiger partial charge in [-0.25, -0.2) is 0 Å². The van der Waals surface area contributed by atoms with E-state index in [1.165, 1.54) is 0 Å². The van der Waals surface area contributed by atoms with Gasteiger partial charge in [0.1, 0.15) is 5.75 Å². The van der Waals surface area contributed by atoms with Crippen LogP contribution in [0.2, 0.25) is 0 Å². The van der Waals surface area contributed by atoms with Crippen LogP contribution in [0.5, 0.6) is 5.75 Å². The first-order valence-electron chi connectivity index (χ1n) is 6.67. The van der Waals surface area contributed by atoms with Crippen LogP contribution in [0.1, 0.15) is 16.2 Å². The van der Waals surface area contributed by atoms with E-state index < -0.39 is 5.91 Å². The van der Waals surface area contributed by atoms with Gasteiger partial charge >= 0.3 is 0 Å². The fourth-order valence-corrected chi connectivity index (χ4v) is 2.36. The van der Waals surface area contributed by atoms with Gasteiger partial charge in [-0.3, -0.25) is 20.3 Å². The number of hydrogen-bond donors (Lipinski definition) is 3. The number of H-pyrrole nitrogens is 2. The van der Waals surface area contributed by atoms with Crippen molar-refractivity contribution in [2.75, 3.05) is 12.4 Å². The maximum atomic E-state index is 12.2. The molecule has 0 unspecified atom stereocenters. The maximum absolute atomic E-state index is 12.2. The van der Waals surface area contributed by atoms with E-state index in [0.29, 0.717) is 16.0 Å². The van der Waals surface area contributed by atoms with Crippen molar-refractivity contribution in [3.05, 3.63) is 40.1 Å². The molecule has 2 heterocycles. The van der Waals surface area contributed by atoms with Gasteiger partial charge in [0.2, 0.25) is 5.95 Å². The number of nitrogens with zero attached hydrogens (tertiary/aromatic N) is 3. The summed E-state index contributed by atoms with van der Waals surface area (Å²) in [7, 11) is 1.58. The topological polar surface area (TPSA) is 109 Å². The second-order valence-electron chi connectivity index (χ2n) is 4.67. The quantitative estimate of drug-likeness (QED) is 0.648. The third-order valence-electron chi connectivity index (χ3n) is 3.16. The van der Waals surface area contributed by atoms with Crippen molar-refractivity contribution in [2.24, 2.45) is 0 Å². The molecule has 0 bridgehead atoms. The molecule has 23 heavy (non-hydrogen) atoms. The molecule has 8 nitrogen and oxygen atoms in total. The summed E-state index contributed by atoms with van der Waals surface area (Å²) in [4.78, 5) is 16.4. The number of benzene rings is 1. The van der Waals surface area contributed by atoms with Crippen LogP contribution < -0.4 is 10.1 Å². The highest BCUT2D eigenvalue weighted by Crippen LogP contribution is 2.27. The van der Waals surface area contributed by atoms with Gasteiger partial charge in [0, 0.05) is 5.69 Å². The number of para-hydroxylation sites is 1. The van der Waals surface area contributed by atoms with Gasteiger partial charge in [0.15, 0.2) is 11.5 Å². The van der Waals surface area contributed by atoms with Crippen LogP contribution in [0.25, 0.3) is 11.4 Å². The van der Waals surface area contributed by atoms with E-state index in [2.05, 4.69) is 46.6 Å². The predicted molar refractivity (Wildman–Crippen MR) is 87.3 cm³/mol. The van der Waals surface area contributed by atoms with Crippen molar-refractivity contribution in [1.29, 1.82) is 0 Å². The number of aromatic nitrogens is 5. The van der Waals surface area contributed by atoms with E-state index >= 15 is 0 Å². The van der Waals surface area contributed by atoms with Crippen LogP contribution in [-0.4, -0.2) is 38.4 Å².